The summed E-state index contributed by atoms with van der Waals surface area (Å²) in [7, 11) is 0. The molecule has 7 heteroatoms. The van der Waals surface area contributed by atoms with Crippen LogP contribution in [0.2, 0.25) is 0 Å². The molecule has 4 aromatic carbocycles. The van der Waals surface area contributed by atoms with Crippen LogP contribution in [0.15, 0.2) is 114 Å². The molecule has 7 rings (SSSR count). The Morgan fingerprint density at radius 1 is 0.905 bits per heavy atom. The molecule has 6 nitrogen and oxygen atoms in total. The number of Topliss-reactive ketones (excluding diaryl/α,β-unsaturated/α-hetero) is 1. The molecule has 1 fully saturated rings. The van der Waals surface area contributed by atoms with Gasteiger partial charge in [0.05, 0.1) is 0 Å². The van der Waals surface area contributed by atoms with E-state index in [9.17, 15) is 9.59 Å². The number of rotatable bonds is 7. The van der Waals surface area contributed by atoms with Crippen molar-refractivity contribution in [2.45, 2.75) is 44.6 Å². The number of para-hydroxylation sites is 3. The summed E-state index contributed by atoms with van der Waals surface area (Å²) in [6.45, 7) is 4.17. The molecule has 2 atom stereocenters. The van der Waals surface area contributed by atoms with Gasteiger partial charge >= 0.3 is 0 Å². The minimum atomic E-state index is -0.142. The highest BCUT2D eigenvalue weighted by atomic mass is 79.9. The van der Waals surface area contributed by atoms with Crippen molar-refractivity contribution in [3.63, 3.8) is 0 Å². The molecule has 0 aliphatic carbocycles. The fourth-order valence-corrected chi connectivity index (χ4v) is 7.16. The average Bonchev–Trinajstić information content (AvgIpc) is 3.62. The summed E-state index contributed by atoms with van der Waals surface area (Å²) in [5.41, 5.74) is 6.14. The zero-order valence-corrected chi connectivity index (χ0v) is 25.1. The third kappa shape index (κ3) is 4.52. The van der Waals surface area contributed by atoms with Crippen LogP contribution in [0, 0.1) is 0 Å². The summed E-state index contributed by atoms with van der Waals surface area (Å²) in [6, 6.07) is 34.5. The van der Waals surface area contributed by atoms with Crippen molar-refractivity contribution in [2.24, 2.45) is 0 Å². The number of amides is 1. The number of likely N-dealkylation sites (tertiary alicyclic amines) is 1. The Labute approximate surface area is 253 Å². The second-order valence-corrected chi connectivity index (χ2v) is 12.5. The number of aromatic nitrogens is 2. The minimum Gasteiger partial charge on any atom is -0.346 e. The van der Waals surface area contributed by atoms with Gasteiger partial charge < -0.3 is 9.80 Å². The fraction of sp³-hybridized carbons (Fsp3) is 0.229. The second-order valence-electron chi connectivity index (χ2n) is 11.5. The van der Waals surface area contributed by atoms with Crippen molar-refractivity contribution in [2.75, 3.05) is 11.4 Å². The molecule has 2 unspecified atom stereocenters. The lowest BCUT2D eigenvalue weighted by atomic mass is 9.81. The Balaban J connectivity index is 1.18. The summed E-state index contributed by atoms with van der Waals surface area (Å²) in [4.78, 5) is 31.8. The van der Waals surface area contributed by atoms with E-state index in [2.05, 4.69) is 81.2 Å². The van der Waals surface area contributed by atoms with Gasteiger partial charge in [0.1, 0.15) is 6.17 Å². The van der Waals surface area contributed by atoms with Crippen LogP contribution in [0.4, 0.5) is 5.69 Å². The molecule has 5 aromatic rings. The van der Waals surface area contributed by atoms with Gasteiger partial charge in [-0.3, -0.25) is 9.59 Å². The van der Waals surface area contributed by atoms with Gasteiger partial charge in [-0.2, -0.15) is 0 Å². The lowest BCUT2D eigenvalue weighted by Crippen LogP contribution is -2.51. The van der Waals surface area contributed by atoms with Crippen LogP contribution >= 0.6 is 15.9 Å². The number of nitrogens with zero attached hydrogens (tertiary/aromatic N) is 4. The maximum absolute atomic E-state index is 14.2. The molecule has 0 bridgehead atoms. The van der Waals surface area contributed by atoms with Crippen LogP contribution in [-0.4, -0.2) is 33.9 Å². The summed E-state index contributed by atoms with van der Waals surface area (Å²) < 4.78 is 4.88. The topological polar surface area (TPSA) is 49.4 Å². The van der Waals surface area contributed by atoms with E-state index < -0.39 is 0 Å². The van der Waals surface area contributed by atoms with Gasteiger partial charge in [-0.25, -0.2) is 9.13 Å². The van der Waals surface area contributed by atoms with E-state index in [1.54, 1.807) is 0 Å². The first-order valence-corrected chi connectivity index (χ1v) is 15.2. The van der Waals surface area contributed by atoms with E-state index in [0.717, 1.165) is 28.5 Å². The number of anilines is 1. The number of carbonyl (C=O) groups excluding carboxylic acids is 2. The van der Waals surface area contributed by atoms with Gasteiger partial charge in [-0.1, -0.05) is 95.7 Å². The number of carbonyl (C=O) groups is 2. The molecule has 1 amide bonds. The maximum atomic E-state index is 14.2. The first-order chi connectivity index (χ1) is 20.4. The molecule has 0 radical (unpaired) electrons. The molecular formula is C35H32BrN4O2+. The highest BCUT2D eigenvalue weighted by Crippen LogP contribution is 2.52. The van der Waals surface area contributed by atoms with Gasteiger partial charge in [0.25, 0.3) is 5.91 Å². The number of benzene rings is 4. The van der Waals surface area contributed by atoms with E-state index in [0.29, 0.717) is 12.1 Å². The van der Waals surface area contributed by atoms with Crippen LogP contribution in [0.3, 0.4) is 0 Å². The Hall–Kier alpha value is -4.23. The third-order valence-corrected chi connectivity index (χ3v) is 9.47. The fourth-order valence-electron chi connectivity index (χ4n) is 6.90. The van der Waals surface area contributed by atoms with E-state index in [-0.39, 0.29) is 36.4 Å². The van der Waals surface area contributed by atoms with Crippen molar-refractivity contribution in [3.05, 3.63) is 131 Å². The smallest absolute Gasteiger partial charge is 0.266 e. The van der Waals surface area contributed by atoms with Crippen molar-refractivity contribution in [3.8, 4) is 0 Å². The van der Waals surface area contributed by atoms with Gasteiger partial charge in [-0.05, 0) is 47.9 Å². The number of halogens is 1. The molecule has 0 N–H and O–H groups in total. The molecule has 2 aliphatic rings. The van der Waals surface area contributed by atoms with Crippen molar-refractivity contribution in [1.82, 2.24) is 9.47 Å². The van der Waals surface area contributed by atoms with Crippen LogP contribution in [0.25, 0.3) is 11.0 Å². The van der Waals surface area contributed by atoms with Gasteiger partial charge in [0.2, 0.25) is 12.1 Å². The first-order valence-electron chi connectivity index (χ1n) is 14.4. The van der Waals surface area contributed by atoms with Crippen molar-refractivity contribution < 1.29 is 14.2 Å². The lowest BCUT2D eigenvalue weighted by Gasteiger charge is -2.36. The summed E-state index contributed by atoms with van der Waals surface area (Å²) >= 11 is 3.44. The molecule has 1 saturated heterocycles. The van der Waals surface area contributed by atoms with Crippen molar-refractivity contribution in [1.29, 1.82) is 0 Å². The molecule has 42 heavy (non-hydrogen) atoms. The number of imidazole rings is 1. The Kier molecular flexibility index (Phi) is 6.70. The van der Waals surface area contributed by atoms with E-state index in [1.807, 2.05) is 70.1 Å². The van der Waals surface area contributed by atoms with E-state index in [1.165, 1.54) is 16.8 Å². The molecule has 3 heterocycles. The predicted octanol–water partition coefficient (Wildman–Crippen LogP) is 6.11. The molecule has 1 aromatic heterocycles. The predicted molar refractivity (Wildman–Crippen MR) is 167 cm³/mol. The number of ketones is 1. The lowest BCUT2D eigenvalue weighted by molar-refractivity contribution is -0.657. The third-order valence-electron chi connectivity index (χ3n) is 8.94. The van der Waals surface area contributed by atoms with Crippen molar-refractivity contribution >= 4 is 44.3 Å². The van der Waals surface area contributed by atoms with Crippen LogP contribution in [0.1, 0.15) is 34.8 Å². The summed E-state index contributed by atoms with van der Waals surface area (Å²) in [6.07, 6.45) is 2.77. The highest BCUT2D eigenvalue weighted by Gasteiger charge is 2.55. The van der Waals surface area contributed by atoms with Crippen LogP contribution < -0.4 is 9.47 Å². The Morgan fingerprint density at radius 2 is 1.62 bits per heavy atom. The Bertz CT molecular complexity index is 1800. The van der Waals surface area contributed by atoms with Gasteiger partial charge in [0.15, 0.2) is 24.1 Å². The zero-order valence-electron chi connectivity index (χ0n) is 23.5. The minimum absolute atomic E-state index is 0.0253. The van der Waals surface area contributed by atoms with E-state index >= 15 is 0 Å². The first kappa shape index (κ1) is 26.7. The second kappa shape index (κ2) is 10.6. The van der Waals surface area contributed by atoms with E-state index in [4.69, 9.17) is 0 Å². The Morgan fingerprint density at radius 3 is 2.43 bits per heavy atom. The number of fused-ring (bicyclic) bond motifs is 4. The SMILES string of the molecule is CC12CCN(C(=O)Cn3c[n+](CC(=O)c4ccc(Br)cc4)c4ccccc43)C1N(Cc1ccccc1)c1ccccc12. The normalized spacial score (nSPS) is 19.2. The standard InChI is InChI=1S/C35H32BrN4O2/c1-35-19-20-39(34(35)40(21-25-9-3-2-4-10-25)29-12-6-5-11-28(29)35)33(42)23-38-24-37(30-13-7-8-14-31(30)38)22-32(41)26-15-17-27(36)18-16-26/h2-18,24,34H,19-23H2,1H3/q+1. The van der Waals surface area contributed by atoms with Crippen LogP contribution in [0.5, 0.6) is 0 Å². The number of hydrogen-bond donors (Lipinski definition) is 0. The van der Waals surface area contributed by atoms with Gasteiger partial charge in [0, 0.05) is 34.2 Å². The molecule has 210 valence electrons. The summed E-state index contributed by atoms with van der Waals surface area (Å²) in [5, 5.41) is 0. The average molecular weight is 621 g/mol. The zero-order chi connectivity index (χ0) is 28.8. The van der Waals surface area contributed by atoms with Gasteiger partial charge in [-0.15, -0.1) is 0 Å². The monoisotopic (exact) mass is 619 g/mol. The molecule has 0 saturated carbocycles. The molecule has 2 aliphatic heterocycles. The quantitative estimate of drug-likeness (QED) is 0.163. The summed E-state index contributed by atoms with van der Waals surface area (Å²) in [5.74, 6) is 0.110. The molecule has 0 spiro atoms. The highest BCUT2D eigenvalue weighted by molar-refractivity contribution is 9.10. The maximum Gasteiger partial charge on any atom is 0.266 e. The largest absolute Gasteiger partial charge is 0.346 e. The van der Waals surface area contributed by atoms with Crippen LogP contribution in [-0.2, 0) is 29.8 Å². The number of hydrogen-bond acceptors (Lipinski definition) is 3. The molecular weight excluding hydrogens is 588 g/mol.